The van der Waals surface area contributed by atoms with E-state index < -0.39 is 11.0 Å². The van der Waals surface area contributed by atoms with Crippen LogP contribution >= 0.6 is 15.9 Å². The number of likely N-dealkylation sites (tertiary alicyclic amines) is 1. The zero-order chi connectivity index (χ0) is 16.1. The molecular formula is C12H18BrN5O4. The van der Waals surface area contributed by atoms with Crippen LogP contribution in [0, 0.1) is 10.1 Å². The van der Waals surface area contributed by atoms with Crippen molar-refractivity contribution in [2.45, 2.75) is 32.5 Å². The van der Waals surface area contributed by atoms with E-state index >= 15 is 0 Å². The maximum absolute atomic E-state index is 11.4. The van der Waals surface area contributed by atoms with E-state index in [0.29, 0.717) is 24.3 Å². The lowest BCUT2D eigenvalue weighted by Gasteiger charge is -2.31. The molecule has 0 aliphatic carbocycles. The highest BCUT2D eigenvalue weighted by atomic mass is 79.9. The van der Waals surface area contributed by atoms with Crippen molar-refractivity contribution in [3.05, 3.63) is 20.8 Å². The summed E-state index contributed by atoms with van der Waals surface area (Å²) in [6.45, 7) is 4.05. The van der Waals surface area contributed by atoms with Crippen molar-refractivity contribution in [1.29, 1.82) is 0 Å². The second kappa shape index (κ2) is 7.54. The Balaban J connectivity index is 1.91. The lowest BCUT2D eigenvalue weighted by Crippen LogP contribution is -2.48. The average Bonchev–Trinajstić information content (AvgIpc) is 2.80. The molecule has 1 saturated heterocycles. The first-order chi connectivity index (χ1) is 10.5. The molecule has 0 saturated carbocycles. The summed E-state index contributed by atoms with van der Waals surface area (Å²) < 4.78 is 6.76. The van der Waals surface area contributed by atoms with E-state index in [2.05, 4.69) is 31.2 Å². The summed E-state index contributed by atoms with van der Waals surface area (Å²) in [5.41, 5.74) is 0. The second-order valence-corrected chi connectivity index (χ2v) is 5.87. The van der Waals surface area contributed by atoms with Crippen molar-refractivity contribution in [2.75, 3.05) is 19.7 Å². The Labute approximate surface area is 135 Å². The van der Waals surface area contributed by atoms with Gasteiger partial charge in [-0.2, -0.15) is 4.68 Å². The number of ether oxygens (including phenoxy) is 1. The Bertz CT molecular complexity index is 550. The summed E-state index contributed by atoms with van der Waals surface area (Å²) in [5.74, 6) is -0.196. The minimum atomic E-state index is -0.526. The van der Waals surface area contributed by atoms with Gasteiger partial charge in [0.25, 0.3) is 0 Å². The third-order valence-corrected chi connectivity index (χ3v) is 3.88. The van der Waals surface area contributed by atoms with Gasteiger partial charge in [0.15, 0.2) is 0 Å². The van der Waals surface area contributed by atoms with Gasteiger partial charge in [-0.1, -0.05) is 0 Å². The lowest BCUT2D eigenvalue weighted by molar-refractivity contribution is -0.390. The minimum Gasteiger partial charge on any atom is -0.450 e. The summed E-state index contributed by atoms with van der Waals surface area (Å²) >= 11 is 3.13. The number of hydrogen-bond donors (Lipinski definition) is 1. The Hall–Kier alpha value is -1.68. The van der Waals surface area contributed by atoms with E-state index in [-0.39, 0.29) is 11.9 Å². The quantitative estimate of drug-likeness (QED) is 0.620. The van der Waals surface area contributed by atoms with E-state index in [1.165, 1.54) is 4.68 Å². The summed E-state index contributed by atoms with van der Waals surface area (Å²) in [6, 6.07) is 0.0155. The van der Waals surface area contributed by atoms with Crippen LogP contribution in [0.4, 0.5) is 10.6 Å². The van der Waals surface area contributed by atoms with Gasteiger partial charge in [0.1, 0.15) is 11.1 Å². The molecule has 1 aromatic rings. The van der Waals surface area contributed by atoms with Gasteiger partial charge in [0.05, 0.1) is 17.9 Å². The first-order valence-electron chi connectivity index (χ1n) is 7.02. The number of carbonyl (C=O) groups excluding carboxylic acids is 1. The monoisotopic (exact) mass is 375 g/mol. The zero-order valence-electron chi connectivity index (χ0n) is 12.2. The third-order valence-electron chi connectivity index (χ3n) is 3.32. The van der Waals surface area contributed by atoms with Crippen molar-refractivity contribution < 1.29 is 14.5 Å². The van der Waals surface area contributed by atoms with Crippen LogP contribution in [0.3, 0.4) is 0 Å². The number of alkyl carbamates (subject to hydrolysis) is 1. The normalized spacial score (nSPS) is 18.9. The number of nitro groups is 1. The number of rotatable bonds is 5. The molecule has 22 heavy (non-hydrogen) atoms. The minimum absolute atomic E-state index is 0.0155. The summed E-state index contributed by atoms with van der Waals surface area (Å²) in [7, 11) is 0. The van der Waals surface area contributed by atoms with Gasteiger partial charge in [0, 0.05) is 19.1 Å². The predicted octanol–water partition coefficient (Wildman–Crippen LogP) is 1.72. The van der Waals surface area contributed by atoms with Crippen LogP contribution in [0.25, 0.3) is 0 Å². The van der Waals surface area contributed by atoms with Crippen molar-refractivity contribution in [3.63, 3.8) is 0 Å². The molecule has 1 aromatic heterocycles. The molecule has 1 amide bonds. The third kappa shape index (κ3) is 4.41. The largest absolute Gasteiger partial charge is 0.450 e. The molecule has 9 nitrogen and oxygen atoms in total. The highest BCUT2D eigenvalue weighted by Gasteiger charge is 2.24. The Kier molecular flexibility index (Phi) is 5.72. The van der Waals surface area contributed by atoms with Gasteiger partial charge in [-0.25, -0.2) is 4.79 Å². The second-order valence-electron chi connectivity index (χ2n) is 5.02. The van der Waals surface area contributed by atoms with Crippen molar-refractivity contribution in [3.8, 4) is 0 Å². The molecule has 122 valence electrons. The van der Waals surface area contributed by atoms with E-state index in [0.717, 1.165) is 19.4 Å². The maximum atomic E-state index is 11.4. The molecule has 0 unspecified atom stereocenters. The van der Waals surface area contributed by atoms with E-state index in [4.69, 9.17) is 4.74 Å². The van der Waals surface area contributed by atoms with Gasteiger partial charge in [-0.3, -0.25) is 4.90 Å². The molecule has 0 spiro atoms. The highest BCUT2D eigenvalue weighted by Crippen LogP contribution is 2.22. The molecule has 1 fully saturated rings. The Morgan fingerprint density at radius 1 is 1.68 bits per heavy atom. The van der Waals surface area contributed by atoms with Crippen molar-refractivity contribution in [2.24, 2.45) is 0 Å². The molecule has 1 N–H and O–H groups in total. The standard InChI is InChI=1S/C12H18BrN5O4/c1-2-22-12(19)14-9-4-3-5-16(6-9)8-17-7-10(13)11(15-17)18(20)21/h7,9H,2-6,8H2,1H3,(H,14,19)/t9-/m1/s1. The number of amides is 1. The molecule has 0 aromatic carbocycles. The van der Waals surface area contributed by atoms with Crippen LogP contribution < -0.4 is 5.32 Å². The van der Waals surface area contributed by atoms with Gasteiger partial charge in [-0.15, -0.1) is 0 Å². The van der Waals surface area contributed by atoms with Gasteiger partial charge in [0.2, 0.25) is 0 Å². The fraction of sp³-hybridized carbons (Fsp3) is 0.667. The number of aromatic nitrogens is 2. The molecule has 2 heterocycles. The summed E-state index contributed by atoms with van der Waals surface area (Å²) in [6.07, 6.45) is 2.99. The smallest absolute Gasteiger partial charge is 0.407 e. The molecular weight excluding hydrogens is 358 g/mol. The number of halogens is 1. The Morgan fingerprint density at radius 2 is 2.45 bits per heavy atom. The molecule has 1 aliphatic rings. The summed E-state index contributed by atoms with van der Waals surface area (Å²) in [4.78, 5) is 23.8. The molecule has 1 aliphatic heterocycles. The van der Waals surface area contributed by atoms with Crippen LogP contribution in [0.5, 0.6) is 0 Å². The van der Waals surface area contributed by atoms with E-state index in [9.17, 15) is 14.9 Å². The average molecular weight is 376 g/mol. The Morgan fingerprint density at radius 3 is 3.09 bits per heavy atom. The number of nitrogens with one attached hydrogen (secondary N) is 1. The SMILES string of the molecule is CCOC(=O)N[C@@H]1CCCN(Cn2cc(Br)c([N+](=O)[O-])n2)C1. The lowest BCUT2D eigenvalue weighted by atomic mass is 10.1. The highest BCUT2D eigenvalue weighted by molar-refractivity contribution is 9.10. The van der Waals surface area contributed by atoms with Crippen molar-refractivity contribution in [1.82, 2.24) is 20.0 Å². The summed E-state index contributed by atoms with van der Waals surface area (Å²) in [5, 5.41) is 17.5. The predicted molar refractivity (Wildman–Crippen MR) is 81.3 cm³/mol. The molecule has 0 bridgehead atoms. The fourth-order valence-electron chi connectivity index (χ4n) is 2.43. The fourth-order valence-corrected chi connectivity index (χ4v) is 2.89. The van der Waals surface area contributed by atoms with Crippen LogP contribution in [-0.2, 0) is 11.4 Å². The molecule has 10 heteroatoms. The topological polar surface area (TPSA) is 103 Å². The maximum Gasteiger partial charge on any atom is 0.407 e. The zero-order valence-corrected chi connectivity index (χ0v) is 13.8. The van der Waals surface area contributed by atoms with Gasteiger partial charge in [-0.05, 0) is 40.6 Å². The number of nitrogens with zero attached hydrogens (tertiary/aromatic N) is 4. The van der Waals surface area contributed by atoms with Crippen LogP contribution in [0.2, 0.25) is 0 Å². The van der Waals surface area contributed by atoms with Gasteiger partial charge < -0.3 is 20.2 Å². The van der Waals surface area contributed by atoms with Crippen LogP contribution in [0.1, 0.15) is 19.8 Å². The van der Waals surface area contributed by atoms with Crippen LogP contribution in [-0.4, -0.2) is 51.4 Å². The first-order valence-corrected chi connectivity index (χ1v) is 7.82. The number of piperidine rings is 1. The molecule has 0 radical (unpaired) electrons. The first kappa shape index (κ1) is 16.7. The van der Waals surface area contributed by atoms with E-state index in [1.54, 1.807) is 13.1 Å². The number of carbonyl (C=O) groups is 1. The van der Waals surface area contributed by atoms with Crippen LogP contribution in [0.15, 0.2) is 10.7 Å². The number of hydrogen-bond acceptors (Lipinski definition) is 6. The van der Waals surface area contributed by atoms with E-state index in [1.807, 2.05) is 0 Å². The van der Waals surface area contributed by atoms with Gasteiger partial charge >= 0.3 is 11.9 Å². The van der Waals surface area contributed by atoms with Crippen molar-refractivity contribution >= 4 is 27.8 Å². The molecule has 2 rings (SSSR count). The molecule has 1 atom stereocenters.